The van der Waals surface area contributed by atoms with Gasteiger partial charge in [-0.3, -0.25) is 0 Å². The summed E-state index contributed by atoms with van der Waals surface area (Å²) < 4.78 is 0. The van der Waals surface area contributed by atoms with Crippen LogP contribution in [-0.2, 0) is 0 Å². The Labute approximate surface area is 81.2 Å². The highest BCUT2D eigenvalue weighted by Gasteiger charge is 2.18. The molecule has 0 bridgehead atoms. The summed E-state index contributed by atoms with van der Waals surface area (Å²) in [5.74, 6) is -0.0310. The van der Waals surface area contributed by atoms with Gasteiger partial charge in [0.1, 0.15) is 6.10 Å². The van der Waals surface area contributed by atoms with Crippen molar-refractivity contribution in [2.45, 2.75) is 19.1 Å². The fourth-order valence-corrected chi connectivity index (χ4v) is 1.02. The van der Waals surface area contributed by atoms with Crippen LogP contribution >= 0.6 is 11.6 Å². The van der Waals surface area contributed by atoms with E-state index in [-0.39, 0.29) is 5.88 Å². The van der Waals surface area contributed by atoms with Crippen molar-refractivity contribution in [3.63, 3.8) is 0 Å². The minimum atomic E-state index is -1.06. The Kier molecular flexibility index (Phi) is 3.59. The van der Waals surface area contributed by atoms with Gasteiger partial charge in [0.25, 0.3) is 0 Å². The molecule has 1 aromatic heterocycles. The first-order valence-corrected chi connectivity index (χ1v) is 4.41. The summed E-state index contributed by atoms with van der Waals surface area (Å²) in [5.41, 5.74) is 1.09. The third-order valence-electron chi connectivity index (χ3n) is 1.64. The van der Waals surface area contributed by atoms with Crippen LogP contribution in [0.1, 0.15) is 17.5 Å². The van der Waals surface area contributed by atoms with E-state index in [2.05, 4.69) is 10.2 Å². The van der Waals surface area contributed by atoms with Crippen LogP contribution in [-0.4, -0.2) is 32.4 Å². The van der Waals surface area contributed by atoms with E-state index in [1.54, 1.807) is 19.1 Å². The average Bonchev–Trinajstić information content (AvgIpc) is 2.17. The molecule has 0 saturated carbocycles. The van der Waals surface area contributed by atoms with Gasteiger partial charge in [0, 0.05) is 0 Å². The lowest BCUT2D eigenvalue weighted by Crippen LogP contribution is -2.21. The Hall–Kier alpha value is -0.710. The van der Waals surface area contributed by atoms with Crippen molar-refractivity contribution in [2.75, 3.05) is 5.88 Å². The fraction of sp³-hybridized carbons (Fsp3) is 0.500. The van der Waals surface area contributed by atoms with E-state index in [0.29, 0.717) is 5.69 Å². The molecule has 2 atom stereocenters. The third-order valence-corrected chi connectivity index (χ3v) is 1.96. The van der Waals surface area contributed by atoms with E-state index < -0.39 is 12.2 Å². The van der Waals surface area contributed by atoms with Crippen LogP contribution in [0.4, 0.5) is 0 Å². The van der Waals surface area contributed by atoms with Crippen molar-refractivity contribution >= 4 is 11.6 Å². The molecule has 0 spiro atoms. The van der Waals surface area contributed by atoms with Gasteiger partial charge in [-0.15, -0.1) is 11.6 Å². The predicted octanol–water partition coefficient (Wildman–Crippen LogP) is 0.418. The van der Waals surface area contributed by atoms with Gasteiger partial charge in [0.15, 0.2) is 0 Å². The van der Waals surface area contributed by atoms with Gasteiger partial charge in [-0.1, -0.05) is 0 Å². The molecule has 5 heteroatoms. The zero-order valence-corrected chi connectivity index (χ0v) is 7.94. The molecule has 1 rings (SSSR count). The van der Waals surface area contributed by atoms with Crippen LogP contribution in [0, 0.1) is 6.92 Å². The van der Waals surface area contributed by atoms with Crippen molar-refractivity contribution in [1.29, 1.82) is 0 Å². The first-order valence-electron chi connectivity index (χ1n) is 3.87. The molecule has 2 unspecified atom stereocenters. The monoisotopic (exact) mass is 202 g/mol. The van der Waals surface area contributed by atoms with Crippen molar-refractivity contribution in [1.82, 2.24) is 10.2 Å². The zero-order chi connectivity index (χ0) is 9.84. The Morgan fingerprint density at radius 3 is 2.54 bits per heavy atom. The van der Waals surface area contributed by atoms with E-state index >= 15 is 0 Å². The Balaban J connectivity index is 2.77. The smallest absolute Gasteiger partial charge is 0.125 e. The first-order chi connectivity index (χ1) is 6.15. The second-order valence-electron chi connectivity index (χ2n) is 2.77. The molecular weight excluding hydrogens is 192 g/mol. The van der Waals surface area contributed by atoms with Crippen LogP contribution in [0.5, 0.6) is 0 Å². The molecule has 0 radical (unpaired) electrons. The molecule has 0 aliphatic carbocycles. The van der Waals surface area contributed by atoms with Gasteiger partial charge < -0.3 is 10.2 Å². The molecule has 1 heterocycles. The Morgan fingerprint density at radius 2 is 2.08 bits per heavy atom. The third kappa shape index (κ3) is 2.62. The van der Waals surface area contributed by atoms with Gasteiger partial charge in [0.2, 0.25) is 0 Å². The number of hydrogen-bond acceptors (Lipinski definition) is 4. The summed E-state index contributed by atoms with van der Waals surface area (Å²) in [7, 11) is 0. The van der Waals surface area contributed by atoms with Crippen molar-refractivity contribution in [3.8, 4) is 0 Å². The SMILES string of the molecule is Cc1ccc(C(O)C(O)CCl)nn1. The Morgan fingerprint density at radius 1 is 1.38 bits per heavy atom. The second-order valence-corrected chi connectivity index (χ2v) is 3.07. The number of halogens is 1. The maximum Gasteiger partial charge on any atom is 0.125 e. The van der Waals surface area contributed by atoms with E-state index in [1.807, 2.05) is 0 Å². The van der Waals surface area contributed by atoms with Gasteiger partial charge in [-0.2, -0.15) is 10.2 Å². The lowest BCUT2D eigenvalue weighted by Gasteiger charge is -2.13. The highest BCUT2D eigenvalue weighted by molar-refractivity contribution is 6.18. The number of aromatic nitrogens is 2. The molecule has 1 aromatic rings. The summed E-state index contributed by atoms with van der Waals surface area (Å²) in [4.78, 5) is 0. The fourth-order valence-electron chi connectivity index (χ4n) is 0.848. The van der Waals surface area contributed by atoms with Crippen molar-refractivity contribution in [2.24, 2.45) is 0 Å². The van der Waals surface area contributed by atoms with Crippen molar-refractivity contribution < 1.29 is 10.2 Å². The zero-order valence-electron chi connectivity index (χ0n) is 7.18. The van der Waals surface area contributed by atoms with Crippen LogP contribution in [0.2, 0.25) is 0 Å². The van der Waals surface area contributed by atoms with Crippen LogP contribution in [0.15, 0.2) is 12.1 Å². The minimum absolute atomic E-state index is 0.0310. The molecule has 13 heavy (non-hydrogen) atoms. The number of nitrogens with zero attached hydrogens (tertiary/aromatic N) is 2. The molecule has 0 aliphatic heterocycles. The standard InChI is InChI=1S/C8H11ClN2O2/c1-5-2-3-6(11-10-5)8(13)7(12)4-9/h2-3,7-8,12-13H,4H2,1H3. The van der Waals surface area contributed by atoms with Gasteiger partial charge in [-0.05, 0) is 19.1 Å². The minimum Gasteiger partial charge on any atom is -0.389 e. The highest BCUT2D eigenvalue weighted by atomic mass is 35.5. The largest absolute Gasteiger partial charge is 0.389 e. The maximum absolute atomic E-state index is 9.44. The van der Waals surface area contributed by atoms with Gasteiger partial charge in [-0.25, -0.2) is 0 Å². The lowest BCUT2D eigenvalue weighted by molar-refractivity contribution is 0.0294. The highest BCUT2D eigenvalue weighted by Crippen LogP contribution is 2.14. The normalized spacial score (nSPS) is 15.4. The summed E-state index contributed by atoms with van der Waals surface area (Å²) in [6.45, 7) is 1.79. The number of aliphatic hydroxyl groups excluding tert-OH is 2. The van der Waals surface area contributed by atoms with Crippen LogP contribution in [0.25, 0.3) is 0 Å². The second kappa shape index (κ2) is 4.50. The summed E-state index contributed by atoms with van der Waals surface area (Å²) in [6.07, 6.45) is -2.07. The molecule has 0 amide bonds. The predicted molar refractivity (Wildman–Crippen MR) is 48.5 cm³/mol. The van der Waals surface area contributed by atoms with E-state index in [0.717, 1.165) is 5.69 Å². The first kappa shape index (κ1) is 10.4. The number of rotatable bonds is 3. The Bertz CT molecular complexity index is 265. The summed E-state index contributed by atoms with van der Waals surface area (Å²) in [5, 5.41) is 26.1. The van der Waals surface area contributed by atoms with Gasteiger partial charge in [0.05, 0.1) is 23.4 Å². The number of alkyl halides is 1. The van der Waals surface area contributed by atoms with E-state index in [9.17, 15) is 10.2 Å². The maximum atomic E-state index is 9.44. The summed E-state index contributed by atoms with van der Waals surface area (Å²) in [6, 6.07) is 3.33. The lowest BCUT2D eigenvalue weighted by atomic mass is 10.1. The van der Waals surface area contributed by atoms with Crippen LogP contribution < -0.4 is 0 Å². The molecule has 2 N–H and O–H groups in total. The van der Waals surface area contributed by atoms with Crippen LogP contribution in [0.3, 0.4) is 0 Å². The van der Waals surface area contributed by atoms with Crippen molar-refractivity contribution in [3.05, 3.63) is 23.5 Å². The molecule has 0 aromatic carbocycles. The van der Waals surface area contributed by atoms with Gasteiger partial charge >= 0.3 is 0 Å². The molecule has 0 fully saturated rings. The van der Waals surface area contributed by atoms with E-state index in [4.69, 9.17) is 11.6 Å². The molecule has 0 saturated heterocycles. The summed E-state index contributed by atoms with van der Waals surface area (Å²) >= 11 is 5.37. The molecule has 72 valence electrons. The number of aliphatic hydroxyl groups is 2. The quantitative estimate of drug-likeness (QED) is 0.698. The average molecular weight is 203 g/mol. The van der Waals surface area contributed by atoms with E-state index in [1.165, 1.54) is 0 Å². The topological polar surface area (TPSA) is 66.2 Å². The number of aryl methyl sites for hydroxylation is 1. The molecule has 0 aliphatic rings. The molecule has 4 nitrogen and oxygen atoms in total. The molecular formula is C8H11ClN2O2. The number of hydrogen-bond donors (Lipinski definition) is 2.